The molecule has 2 heterocycles. The number of ketones is 1. The van der Waals surface area contributed by atoms with Gasteiger partial charge in [0.1, 0.15) is 5.75 Å². The molecule has 2 aliphatic rings. The fourth-order valence-electron chi connectivity index (χ4n) is 3.87. The summed E-state index contributed by atoms with van der Waals surface area (Å²) in [7, 11) is 0. The number of nitrogens with zero attached hydrogens (tertiary/aromatic N) is 1. The zero-order chi connectivity index (χ0) is 22.0. The summed E-state index contributed by atoms with van der Waals surface area (Å²) >= 11 is 0. The second kappa shape index (κ2) is 8.58. The van der Waals surface area contributed by atoms with Crippen molar-refractivity contribution < 1.29 is 19.1 Å². The zero-order valence-electron chi connectivity index (χ0n) is 16.8. The second-order valence-corrected chi connectivity index (χ2v) is 7.54. The number of Topliss-reactive ketones (excluding diaryl/α,β-unsaturated/α-hetero) is 1. The van der Waals surface area contributed by atoms with Gasteiger partial charge < -0.3 is 15.4 Å². The molecule has 1 aliphatic carbocycles. The lowest BCUT2D eigenvalue weighted by atomic mass is 9.97. The van der Waals surface area contributed by atoms with Gasteiger partial charge in [0.2, 0.25) is 5.91 Å². The van der Waals surface area contributed by atoms with Crippen molar-refractivity contribution in [1.29, 1.82) is 0 Å². The van der Waals surface area contributed by atoms with Gasteiger partial charge in [-0.25, -0.2) is 4.79 Å². The molecule has 1 aliphatic heterocycles. The Balaban J connectivity index is 1.36. The number of ether oxygens (including phenoxy) is 1. The molecule has 1 aromatic carbocycles. The van der Waals surface area contributed by atoms with Crippen molar-refractivity contribution in [3.05, 3.63) is 55.9 Å². The highest BCUT2D eigenvalue weighted by Gasteiger charge is 2.20. The van der Waals surface area contributed by atoms with Crippen molar-refractivity contribution in [1.82, 2.24) is 14.9 Å². The van der Waals surface area contributed by atoms with Crippen LogP contribution in [0.5, 0.6) is 5.75 Å². The van der Waals surface area contributed by atoms with E-state index in [1.807, 2.05) is 0 Å². The Morgan fingerprint density at radius 2 is 1.94 bits per heavy atom. The van der Waals surface area contributed by atoms with Gasteiger partial charge in [0.05, 0.1) is 12.2 Å². The molecule has 1 aromatic heterocycles. The van der Waals surface area contributed by atoms with Crippen molar-refractivity contribution in [2.45, 2.75) is 38.6 Å². The lowest BCUT2D eigenvalue weighted by Gasteiger charge is -2.19. The molecule has 162 valence electrons. The van der Waals surface area contributed by atoms with Crippen molar-refractivity contribution in [2.75, 3.05) is 18.5 Å². The number of aromatic amines is 1. The summed E-state index contributed by atoms with van der Waals surface area (Å²) in [5.41, 5.74) is 1.18. The molecular weight excluding hydrogens is 404 g/mol. The molecule has 0 saturated heterocycles. The maximum absolute atomic E-state index is 12.4. The van der Waals surface area contributed by atoms with E-state index in [0.717, 1.165) is 12.8 Å². The Hall–Kier alpha value is -3.69. The van der Waals surface area contributed by atoms with Gasteiger partial charge in [-0.15, -0.1) is 0 Å². The topological polar surface area (TPSA) is 139 Å². The lowest BCUT2D eigenvalue weighted by Crippen LogP contribution is -2.38. The minimum atomic E-state index is -0.521. The molecule has 2 amide bonds. The van der Waals surface area contributed by atoms with Crippen LogP contribution in [0.25, 0.3) is 0 Å². The van der Waals surface area contributed by atoms with Crippen LogP contribution in [0.3, 0.4) is 0 Å². The molecule has 2 aromatic rings. The molecule has 10 heteroatoms. The average molecular weight is 426 g/mol. The first-order chi connectivity index (χ1) is 14.9. The number of anilines is 1. The number of rotatable bonds is 6. The number of amides is 2. The Bertz CT molecular complexity index is 1180. The zero-order valence-corrected chi connectivity index (χ0v) is 16.8. The average Bonchev–Trinajstić information content (AvgIpc) is 2.76. The quantitative estimate of drug-likeness (QED) is 0.562. The number of carbonyl (C=O) groups excluding carboxylic acids is 3. The first kappa shape index (κ1) is 20.6. The fraction of sp³-hybridized carbons (Fsp3) is 0.381. The summed E-state index contributed by atoms with van der Waals surface area (Å²) in [6, 6.07) is 4.67. The van der Waals surface area contributed by atoms with Crippen LogP contribution < -0.4 is 26.6 Å². The van der Waals surface area contributed by atoms with Crippen LogP contribution in [0.4, 0.5) is 5.69 Å². The molecule has 3 N–H and O–H groups in total. The van der Waals surface area contributed by atoms with Gasteiger partial charge >= 0.3 is 5.69 Å². The van der Waals surface area contributed by atoms with E-state index in [-0.39, 0.29) is 49.3 Å². The number of hydrogen-bond acceptors (Lipinski definition) is 6. The normalized spacial score (nSPS) is 14.6. The van der Waals surface area contributed by atoms with E-state index in [1.54, 1.807) is 12.1 Å². The predicted octanol–water partition coefficient (Wildman–Crippen LogP) is 0.136. The maximum atomic E-state index is 12.4. The monoisotopic (exact) mass is 426 g/mol. The summed E-state index contributed by atoms with van der Waals surface area (Å²) < 4.78 is 6.70. The third-order valence-corrected chi connectivity index (χ3v) is 5.45. The molecule has 31 heavy (non-hydrogen) atoms. The fourth-order valence-corrected chi connectivity index (χ4v) is 3.87. The number of aromatic nitrogens is 2. The van der Waals surface area contributed by atoms with Gasteiger partial charge in [0.25, 0.3) is 11.5 Å². The number of hydrogen-bond donors (Lipinski definition) is 3. The Morgan fingerprint density at radius 1 is 1.13 bits per heavy atom. The third kappa shape index (κ3) is 4.42. The van der Waals surface area contributed by atoms with Crippen LogP contribution in [0.2, 0.25) is 0 Å². The van der Waals surface area contributed by atoms with Gasteiger partial charge in [-0.05, 0) is 43.9 Å². The number of carbonyl (C=O) groups is 3. The second-order valence-electron chi connectivity index (χ2n) is 7.54. The molecule has 10 nitrogen and oxygen atoms in total. The van der Waals surface area contributed by atoms with E-state index >= 15 is 0 Å². The molecule has 0 saturated carbocycles. The van der Waals surface area contributed by atoms with Crippen LogP contribution in [0.1, 0.15) is 40.9 Å². The Kier molecular flexibility index (Phi) is 5.70. The molecule has 0 bridgehead atoms. The first-order valence-corrected chi connectivity index (χ1v) is 10.1. The van der Waals surface area contributed by atoms with Gasteiger partial charge in [-0.2, -0.15) is 0 Å². The molecular formula is C21H22N4O6. The van der Waals surface area contributed by atoms with E-state index in [2.05, 4.69) is 15.6 Å². The molecule has 0 unspecified atom stereocenters. The van der Waals surface area contributed by atoms with Gasteiger partial charge in [0, 0.05) is 29.8 Å². The molecule has 0 radical (unpaired) electrons. The standard InChI is InChI=1S/C21H22N4O6/c26-16(12-5-6-17-14(9-12)23-19(28)11-31-17)10-22-18(27)7-8-25-15-4-2-1-3-13(15)20(29)24-21(25)30/h5-6,9H,1-4,7-8,10-11H2,(H,22,27)(H,23,28)(H,24,29,30). The molecule has 0 fully saturated rings. The van der Waals surface area contributed by atoms with Crippen molar-refractivity contribution in [3.63, 3.8) is 0 Å². The van der Waals surface area contributed by atoms with Crippen molar-refractivity contribution in [2.24, 2.45) is 0 Å². The van der Waals surface area contributed by atoms with Crippen LogP contribution in [0.15, 0.2) is 27.8 Å². The third-order valence-electron chi connectivity index (χ3n) is 5.45. The highest BCUT2D eigenvalue weighted by Crippen LogP contribution is 2.28. The minimum Gasteiger partial charge on any atom is -0.482 e. The van der Waals surface area contributed by atoms with E-state index in [9.17, 15) is 24.0 Å². The number of benzene rings is 1. The summed E-state index contributed by atoms with van der Waals surface area (Å²) in [5, 5.41) is 5.19. The summed E-state index contributed by atoms with van der Waals surface area (Å²) in [4.78, 5) is 62.6. The largest absolute Gasteiger partial charge is 0.482 e. The van der Waals surface area contributed by atoms with Crippen LogP contribution >= 0.6 is 0 Å². The SMILES string of the molecule is O=C(CCn1c2c(c(=O)[nH]c1=O)CCCC2)NCC(=O)c1ccc2c(c1)NC(=O)CO2. The lowest BCUT2D eigenvalue weighted by molar-refractivity contribution is -0.121. The maximum Gasteiger partial charge on any atom is 0.328 e. The van der Waals surface area contributed by atoms with Crippen LogP contribution in [-0.2, 0) is 29.0 Å². The smallest absolute Gasteiger partial charge is 0.328 e. The van der Waals surface area contributed by atoms with E-state index in [0.29, 0.717) is 41.1 Å². The van der Waals surface area contributed by atoms with E-state index in [1.165, 1.54) is 10.6 Å². The Labute approximate surface area is 176 Å². The van der Waals surface area contributed by atoms with Gasteiger partial charge in [0.15, 0.2) is 12.4 Å². The van der Waals surface area contributed by atoms with Gasteiger partial charge in [-0.3, -0.25) is 28.7 Å². The number of nitrogens with one attached hydrogen (secondary N) is 3. The highest BCUT2D eigenvalue weighted by molar-refractivity contribution is 6.02. The number of H-pyrrole nitrogens is 1. The van der Waals surface area contributed by atoms with Crippen LogP contribution in [-0.4, -0.2) is 40.3 Å². The molecule has 4 rings (SSSR count). The minimum absolute atomic E-state index is 0.000242. The summed E-state index contributed by atoms with van der Waals surface area (Å²) in [5.74, 6) is -0.528. The first-order valence-electron chi connectivity index (χ1n) is 10.1. The number of fused-ring (bicyclic) bond motifs is 2. The highest BCUT2D eigenvalue weighted by atomic mass is 16.5. The van der Waals surface area contributed by atoms with Crippen LogP contribution in [0, 0.1) is 0 Å². The van der Waals surface area contributed by atoms with E-state index < -0.39 is 5.69 Å². The predicted molar refractivity (Wildman–Crippen MR) is 110 cm³/mol. The Morgan fingerprint density at radius 3 is 2.77 bits per heavy atom. The van der Waals surface area contributed by atoms with Crippen molar-refractivity contribution in [3.8, 4) is 5.75 Å². The molecule has 0 atom stereocenters. The molecule has 0 spiro atoms. The summed E-state index contributed by atoms with van der Waals surface area (Å²) in [6.45, 7) is -0.164. The summed E-state index contributed by atoms with van der Waals surface area (Å²) in [6.07, 6.45) is 3.04. The van der Waals surface area contributed by atoms with Crippen molar-refractivity contribution >= 4 is 23.3 Å². The van der Waals surface area contributed by atoms with Gasteiger partial charge in [-0.1, -0.05) is 0 Å². The van der Waals surface area contributed by atoms with E-state index in [4.69, 9.17) is 4.74 Å².